The molecule has 0 N–H and O–H groups in total. The fourth-order valence-corrected chi connectivity index (χ4v) is 4.35. The molecule has 0 heterocycles. The maximum atomic E-state index is 10.8. The van der Waals surface area contributed by atoms with Gasteiger partial charge in [-0.05, 0) is 0 Å². The van der Waals surface area contributed by atoms with E-state index in [9.17, 15) is 99.0 Å². The summed E-state index contributed by atoms with van der Waals surface area (Å²) in [7, 11) is 0. The number of carbonyl (C=O) groups excluding carboxylic acids is 10. The Hall–Kier alpha value is 3.88. The molecule has 328 valence electrons. The Labute approximate surface area is 581 Å². The second-order valence-corrected chi connectivity index (χ2v) is 11.1. The number of carboxylic acids is 10. The zero-order valence-corrected chi connectivity index (χ0v) is 46.9. The molecule has 0 saturated carbocycles. The monoisotopic (exact) mass is 1310 g/mol. The molecule has 0 bridgehead atoms. The molecule has 0 unspecified atom stereocenters. The van der Waals surface area contributed by atoms with Gasteiger partial charge in [0.15, 0.2) is 0 Å². The topological polar surface area (TPSA) is 421 Å². The Morgan fingerprint density at radius 2 is 0.281 bits per heavy atom. The average molecular weight is 1310 g/mol. The van der Waals surface area contributed by atoms with Crippen LogP contribution in [0.5, 0.6) is 0 Å². The molecule has 36 heteroatoms. The molecule has 0 radical (unpaired) electrons. The smallest absolute Gasteiger partial charge is 2.00 e. The Balaban J connectivity index is -0.0000000731. The molecule has 0 aromatic carbocycles. The maximum absolute atomic E-state index is 10.8. The van der Waals surface area contributed by atoms with Gasteiger partial charge in [-0.2, -0.15) is 0 Å². The Morgan fingerprint density at radius 1 is 0.203 bits per heavy atom. The van der Waals surface area contributed by atoms with Gasteiger partial charge in [-0.25, -0.2) is 0 Å². The number of rotatable bonds is 32. The molecule has 0 rings (SSSR count). The van der Waals surface area contributed by atoms with Crippen molar-refractivity contribution in [1.29, 1.82) is 0 Å². The number of hydrogen-bond acceptors (Lipinski definition) is 26. The first-order chi connectivity index (χ1) is 25.0. The van der Waals surface area contributed by atoms with Crippen LogP contribution in [0.4, 0.5) is 0 Å². The fourth-order valence-electron chi connectivity index (χ4n) is 4.35. The van der Waals surface area contributed by atoms with E-state index in [0.717, 1.165) is 19.6 Å². The van der Waals surface area contributed by atoms with Crippen LogP contribution in [-0.2, 0) is 145 Å². The van der Waals surface area contributed by atoms with Crippen molar-refractivity contribution in [2.45, 2.75) is 0 Å². The number of aliphatic carboxylic acids is 10. The normalized spacial score (nSPS) is 9.34. The fraction of sp³-hybridized carbons (Fsp3) is 0.643. The standard InChI is InChI=1S/2C14H23N3O10.5Ca.5Zn.10H/c2*18-10(19)5-15(1-3-16(6-11(20)21)7-12(22)23)2-4-17(8-13(24)25)9-14(26)27;;;;;;;;;;;;;;;;;;;;/h2*1-9H2,(H,18,19)(H,20,21)(H,22,23)(H,24,25)(H,26,27);;;;;;;;;;;;;;;;;;;;/q;;;;;;;5*+2;;;;;;;;;;/p-10. The van der Waals surface area contributed by atoms with Crippen molar-refractivity contribution in [2.75, 3.05) is 118 Å². The summed E-state index contributed by atoms with van der Waals surface area (Å²) >= 11 is 0. The van der Waals surface area contributed by atoms with Crippen LogP contribution in [0.3, 0.4) is 0 Å². The van der Waals surface area contributed by atoms with Gasteiger partial charge in [-0.1, -0.05) is 0 Å². The third-order valence-corrected chi connectivity index (χ3v) is 6.46. The van der Waals surface area contributed by atoms with E-state index in [1.807, 2.05) is 0 Å². The summed E-state index contributed by atoms with van der Waals surface area (Å²) in [5.74, 6) is -15.3. The summed E-state index contributed by atoms with van der Waals surface area (Å²) in [5.41, 5.74) is 0. The zero-order chi connectivity index (χ0) is 42.0. The molecule has 0 aliphatic rings. The molecule has 0 amide bonds. The first-order valence-corrected chi connectivity index (χ1v) is 15.3. The Kier molecular flexibility index (Phi) is 90.3. The van der Waals surface area contributed by atoms with Crippen molar-refractivity contribution < 1.29 is 196 Å². The van der Waals surface area contributed by atoms with Gasteiger partial charge in [0.25, 0.3) is 0 Å². The largest absolute Gasteiger partial charge is 2.00 e. The average Bonchev–Trinajstić information content (AvgIpc) is 2.97. The van der Waals surface area contributed by atoms with Crippen LogP contribution in [0.15, 0.2) is 0 Å². The van der Waals surface area contributed by atoms with E-state index in [-0.39, 0.29) is 338 Å². The third kappa shape index (κ3) is 68.0. The van der Waals surface area contributed by atoms with Gasteiger partial charge in [0.2, 0.25) is 0 Å². The number of nitrogens with zero attached hydrogens (tertiary/aromatic N) is 6. The van der Waals surface area contributed by atoms with E-state index in [0.29, 0.717) is 0 Å². The Bertz CT molecular complexity index is 1110. The van der Waals surface area contributed by atoms with E-state index in [2.05, 4.69) is 0 Å². The summed E-state index contributed by atoms with van der Waals surface area (Å²) in [5, 5.41) is 107. The van der Waals surface area contributed by atoms with Gasteiger partial charge in [-0.3, -0.25) is 29.4 Å². The molecule has 26 nitrogen and oxygen atoms in total. The molecule has 0 saturated heterocycles. The van der Waals surface area contributed by atoms with Crippen LogP contribution in [-0.4, -0.2) is 396 Å². The molecule has 64 heavy (non-hydrogen) atoms. The van der Waals surface area contributed by atoms with Gasteiger partial charge in [-0.15, -0.1) is 0 Å². The van der Waals surface area contributed by atoms with Crippen LogP contribution >= 0.6 is 0 Å². The van der Waals surface area contributed by atoms with Crippen LogP contribution in [0, 0.1) is 0 Å². The van der Waals surface area contributed by atoms with E-state index >= 15 is 0 Å². The van der Waals surface area contributed by atoms with E-state index in [1.54, 1.807) is 0 Å². The second-order valence-electron chi connectivity index (χ2n) is 11.1. The molecule has 0 aliphatic carbocycles. The molecule has 0 aromatic rings. The summed E-state index contributed by atoms with van der Waals surface area (Å²) in [4.78, 5) is 113. The van der Waals surface area contributed by atoms with E-state index < -0.39 is 125 Å². The van der Waals surface area contributed by atoms with Crippen LogP contribution in [0.2, 0.25) is 0 Å². The van der Waals surface area contributed by atoms with Crippen molar-refractivity contribution >= 4 is 248 Å². The summed E-state index contributed by atoms with van der Waals surface area (Å²) < 4.78 is 0. The van der Waals surface area contributed by atoms with Crippen LogP contribution in [0.25, 0.3) is 0 Å². The molecule has 0 fully saturated rings. The van der Waals surface area contributed by atoms with Crippen molar-refractivity contribution in [2.24, 2.45) is 0 Å². The summed E-state index contributed by atoms with van der Waals surface area (Å²) in [6, 6.07) is 0. The third-order valence-electron chi connectivity index (χ3n) is 6.46. The maximum Gasteiger partial charge on any atom is 2.00 e. The van der Waals surface area contributed by atoms with Gasteiger partial charge >= 0.3 is 286 Å². The number of carboxylic acid groups (broad SMARTS) is 10. The molecule has 0 atom stereocenters. The SMILES string of the molecule is O=C([O-])CN(CCN(CC(=O)[O-])CC(=O)[O-])CCN(CC(=O)[O-])CC(=O)[O-].O=C([O-])CN(CCN(CC(=O)[O-])CC(=O)[O-])CCN(CC(=O)[O-])CC(=O)[O-].[CaH2].[CaH2].[CaH2].[CaH2].[CaH2].[Zn+2].[Zn+2].[Zn+2].[Zn+2].[Zn+2]. The van der Waals surface area contributed by atoms with Crippen molar-refractivity contribution in [3.05, 3.63) is 0 Å². The minimum absolute atomic E-state index is 0. The number of hydrogen-bond donors (Lipinski definition) is 0. The molecular formula is C28H46Ca5N6O20Zn5. The van der Waals surface area contributed by atoms with Gasteiger partial charge in [0, 0.05) is 118 Å². The predicted molar refractivity (Wildman–Crippen MR) is 191 cm³/mol. The summed E-state index contributed by atoms with van der Waals surface area (Å²) in [6.45, 7) is -8.32. The number of carbonyl (C=O) groups is 10. The predicted octanol–water partition coefficient (Wildman–Crippen LogP) is -23.3. The van der Waals surface area contributed by atoms with Crippen molar-refractivity contribution in [3.63, 3.8) is 0 Å². The van der Waals surface area contributed by atoms with E-state index in [1.165, 1.54) is 9.80 Å². The molecule has 0 aromatic heterocycles. The van der Waals surface area contributed by atoms with Gasteiger partial charge in [0.05, 0.1) is 59.7 Å². The first-order valence-electron chi connectivity index (χ1n) is 15.3. The summed E-state index contributed by atoms with van der Waals surface area (Å²) in [6.07, 6.45) is 0. The van der Waals surface area contributed by atoms with Gasteiger partial charge in [0.1, 0.15) is 0 Å². The van der Waals surface area contributed by atoms with Gasteiger partial charge < -0.3 is 99.0 Å². The Morgan fingerprint density at radius 3 is 0.375 bits per heavy atom. The molecular weight excluding hydrogens is 1270 g/mol. The minimum atomic E-state index is -1.54. The molecule has 0 spiro atoms. The van der Waals surface area contributed by atoms with Crippen molar-refractivity contribution in [3.8, 4) is 0 Å². The second kappa shape index (κ2) is 59.4. The van der Waals surface area contributed by atoms with Crippen LogP contribution < -0.4 is 51.1 Å². The van der Waals surface area contributed by atoms with E-state index in [4.69, 9.17) is 0 Å². The quantitative estimate of drug-likeness (QED) is 0.0564. The first kappa shape index (κ1) is 97.2. The zero-order valence-electron chi connectivity index (χ0n) is 32.1. The molecule has 0 aliphatic heterocycles. The van der Waals surface area contributed by atoms with Crippen LogP contribution in [0.1, 0.15) is 0 Å². The van der Waals surface area contributed by atoms with Crippen molar-refractivity contribution in [1.82, 2.24) is 29.4 Å². The minimum Gasteiger partial charge on any atom is 2.00 e.